The molecule has 0 spiro atoms. The van der Waals surface area contributed by atoms with Crippen LogP contribution < -0.4 is 11.5 Å². The van der Waals surface area contributed by atoms with E-state index in [9.17, 15) is 0 Å². The molecule has 3 aromatic carbocycles. The molecule has 4 N–H and O–H groups in total. The Balaban J connectivity index is 2.28. The van der Waals surface area contributed by atoms with E-state index in [0.717, 1.165) is 22.5 Å². The van der Waals surface area contributed by atoms with Gasteiger partial charge in [-0.1, -0.05) is 36.4 Å². The second-order valence-corrected chi connectivity index (χ2v) is 6.45. The third-order valence-corrected chi connectivity index (χ3v) is 5.17. The number of nitrogens with two attached hydrogens (primary N) is 2. The van der Waals surface area contributed by atoms with Gasteiger partial charge < -0.3 is 11.5 Å². The average molecular weight is 316 g/mol. The molecule has 0 aliphatic rings. The van der Waals surface area contributed by atoms with E-state index < -0.39 is 0 Å². The smallest absolute Gasteiger partial charge is 0.0346 e. The van der Waals surface area contributed by atoms with Crippen LogP contribution in [0.15, 0.2) is 48.5 Å². The van der Waals surface area contributed by atoms with E-state index in [0.29, 0.717) is 0 Å². The molecule has 3 aromatic rings. The SMILES string of the molecule is Cc1c(N)ccc(-c2ccccc2-c2ccc(N)c(C)c2C)c1C. The Kier molecular flexibility index (Phi) is 4.06. The van der Waals surface area contributed by atoms with Crippen molar-refractivity contribution in [2.24, 2.45) is 0 Å². The van der Waals surface area contributed by atoms with Crippen molar-refractivity contribution < 1.29 is 0 Å². The summed E-state index contributed by atoms with van der Waals surface area (Å²) in [6.07, 6.45) is 0. The van der Waals surface area contributed by atoms with Crippen LogP contribution in [0.4, 0.5) is 11.4 Å². The second-order valence-electron chi connectivity index (χ2n) is 6.45. The molecule has 0 fully saturated rings. The lowest BCUT2D eigenvalue weighted by Gasteiger charge is -2.18. The molecular formula is C22H24N2. The van der Waals surface area contributed by atoms with Crippen molar-refractivity contribution in [1.82, 2.24) is 0 Å². The fourth-order valence-corrected chi connectivity index (χ4v) is 3.22. The summed E-state index contributed by atoms with van der Waals surface area (Å²) in [7, 11) is 0. The lowest BCUT2D eigenvalue weighted by Crippen LogP contribution is -1.98. The van der Waals surface area contributed by atoms with Crippen LogP contribution in [-0.4, -0.2) is 0 Å². The summed E-state index contributed by atoms with van der Waals surface area (Å²) in [6, 6.07) is 16.8. The number of nitrogen functional groups attached to an aromatic ring is 2. The summed E-state index contributed by atoms with van der Waals surface area (Å²) in [6.45, 7) is 8.43. The highest BCUT2D eigenvalue weighted by atomic mass is 14.6. The zero-order valence-corrected chi connectivity index (χ0v) is 14.8. The first-order chi connectivity index (χ1) is 11.4. The normalized spacial score (nSPS) is 10.8. The number of hydrogen-bond acceptors (Lipinski definition) is 2. The maximum atomic E-state index is 6.06. The van der Waals surface area contributed by atoms with Gasteiger partial charge in [-0.2, -0.15) is 0 Å². The minimum Gasteiger partial charge on any atom is -0.399 e. The van der Waals surface area contributed by atoms with E-state index in [1.165, 1.54) is 33.4 Å². The van der Waals surface area contributed by atoms with Crippen molar-refractivity contribution in [1.29, 1.82) is 0 Å². The standard InChI is InChI=1S/C22H24N2/c1-13-15(3)21(23)11-9-17(13)19-7-5-6-8-20(19)18-10-12-22(24)16(4)14(18)2/h5-12H,23-24H2,1-4H3. The quantitative estimate of drug-likeness (QED) is 0.620. The van der Waals surface area contributed by atoms with Crippen LogP contribution in [0.5, 0.6) is 0 Å². The van der Waals surface area contributed by atoms with Crippen molar-refractivity contribution in [2.45, 2.75) is 27.7 Å². The summed E-state index contributed by atoms with van der Waals surface area (Å²) < 4.78 is 0. The Morgan fingerprint density at radius 3 is 1.21 bits per heavy atom. The largest absolute Gasteiger partial charge is 0.399 e. The van der Waals surface area contributed by atoms with E-state index >= 15 is 0 Å². The Bertz CT molecular complexity index is 847. The Hall–Kier alpha value is -2.74. The van der Waals surface area contributed by atoms with Crippen molar-refractivity contribution >= 4 is 11.4 Å². The molecule has 122 valence electrons. The van der Waals surface area contributed by atoms with Gasteiger partial charge in [0.2, 0.25) is 0 Å². The maximum absolute atomic E-state index is 6.06. The molecule has 0 bridgehead atoms. The van der Waals surface area contributed by atoms with Crippen LogP contribution in [0.3, 0.4) is 0 Å². The molecule has 0 aliphatic carbocycles. The van der Waals surface area contributed by atoms with E-state index in [2.05, 4.69) is 64.1 Å². The minimum atomic E-state index is 0.841. The Morgan fingerprint density at radius 1 is 0.458 bits per heavy atom. The third kappa shape index (κ3) is 2.54. The molecule has 0 unspecified atom stereocenters. The van der Waals surface area contributed by atoms with Gasteiger partial charge in [0.15, 0.2) is 0 Å². The second kappa shape index (κ2) is 6.04. The molecule has 0 aromatic heterocycles. The van der Waals surface area contributed by atoms with Crippen LogP contribution in [0.1, 0.15) is 22.3 Å². The molecule has 0 saturated carbocycles. The summed E-state index contributed by atoms with van der Waals surface area (Å²) >= 11 is 0. The molecule has 0 amide bonds. The highest BCUT2D eigenvalue weighted by Crippen LogP contribution is 2.38. The van der Waals surface area contributed by atoms with Gasteiger partial charge in [0, 0.05) is 11.4 Å². The minimum absolute atomic E-state index is 0.841. The Labute approximate surface area is 144 Å². The zero-order chi connectivity index (χ0) is 17.4. The van der Waals surface area contributed by atoms with Crippen LogP contribution >= 0.6 is 0 Å². The topological polar surface area (TPSA) is 52.0 Å². The van der Waals surface area contributed by atoms with Gasteiger partial charge in [-0.05, 0) is 84.3 Å². The monoisotopic (exact) mass is 316 g/mol. The first kappa shape index (κ1) is 16.1. The van der Waals surface area contributed by atoms with Gasteiger partial charge in [0.05, 0.1) is 0 Å². The highest BCUT2D eigenvalue weighted by Gasteiger charge is 2.14. The van der Waals surface area contributed by atoms with E-state index in [-0.39, 0.29) is 0 Å². The fourth-order valence-electron chi connectivity index (χ4n) is 3.22. The van der Waals surface area contributed by atoms with Crippen LogP contribution in [0, 0.1) is 27.7 Å². The third-order valence-electron chi connectivity index (χ3n) is 5.17. The van der Waals surface area contributed by atoms with Crippen molar-refractivity contribution in [3.05, 3.63) is 70.8 Å². The first-order valence-electron chi connectivity index (χ1n) is 8.23. The molecule has 0 saturated heterocycles. The van der Waals surface area contributed by atoms with Crippen molar-refractivity contribution in [3.8, 4) is 22.3 Å². The molecule has 2 nitrogen and oxygen atoms in total. The van der Waals surface area contributed by atoms with Crippen molar-refractivity contribution in [2.75, 3.05) is 11.5 Å². The highest BCUT2D eigenvalue weighted by molar-refractivity contribution is 5.88. The molecule has 2 heteroatoms. The van der Waals surface area contributed by atoms with Gasteiger partial charge in [-0.3, -0.25) is 0 Å². The van der Waals surface area contributed by atoms with Gasteiger partial charge in [0.1, 0.15) is 0 Å². The van der Waals surface area contributed by atoms with Crippen LogP contribution in [0.2, 0.25) is 0 Å². The summed E-state index contributed by atoms with van der Waals surface area (Å²) in [5, 5.41) is 0. The predicted molar refractivity (Wildman–Crippen MR) is 105 cm³/mol. The number of hydrogen-bond donors (Lipinski definition) is 2. The van der Waals surface area contributed by atoms with Crippen LogP contribution in [0.25, 0.3) is 22.3 Å². The molecule has 24 heavy (non-hydrogen) atoms. The lowest BCUT2D eigenvalue weighted by atomic mass is 9.87. The molecule has 0 atom stereocenters. The number of anilines is 2. The molecule has 0 radical (unpaired) electrons. The first-order valence-corrected chi connectivity index (χ1v) is 8.23. The number of benzene rings is 3. The fraction of sp³-hybridized carbons (Fsp3) is 0.182. The van der Waals surface area contributed by atoms with Crippen LogP contribution in [-0.2, 0) is 0 Å². The van der Waals surface area contributed by atoms with E-state index in [4.69, 9.17) is 11.5 Å². The van der Waals surface area contributed by atoms with Gasteiger partial charge >= 0.3 is 0 Å². The van der Waals surface area contributed by atoms with E-state index in [1.807, 2.05) is 12.1 Å². The number of rotatable bonds is 2. The van der Waals surface area contributed by atoms with Gasteiger partial charge in [-0.15, -0.1) is 0 Å². The molecule has 3 rings (SSSR count). The summed E-state index contributed by atoms with van der Waals surface area (Å²) in [5.41, 5.74) is 23.5. The lowest BCUT2D eigenvalue weighted by molar-refractivity contribution is 1.33. The molecule has 0 heterocycles. The average Bonchev–Trinajstić information content (AvgIpc) is 2.58. The van der Waals surface area contributed by atoms with Gasteiger partial charge in [-0.25, -0.2) is 0 Å². The molecular weight excluding hydrogens is 292 g/mol. The van der Waals surface area contributed by atoms with Crippen molar-refractivity contribution in [3.63, 3.8) is 0 Å². The van der Waals surface area contributed by atoms with E-state index in [1.54, 1.807) is 0 Å². The zero-order valence-electron chi connectivity index (χ0n) is 14.8. The molecule has 0 aliphatic heterocycles. The summed E-state index contributed by atoms with van der Waals surface area (Å²) in [4.78, 5) is 0. The Morgan fingerprint density at radius 2 is 0.833 bits per heavy atom. The van der Waals surface area contributed by atoms with Gasteiger partial charge in [0.25, 0.3) is 0 Å². The maximum Gasteiger partial charge on any atom is 0.0346 e. The predicted octanol–water partition coefficient (Wildman–Crippen LogP) is 5.42. The summed E-state index contributed by atoms with van der Waals surface area (Å²) in [5.74, 6) is 0.